The minimum absolute atomic E-state index is 0.107. The van der Waals surface area contributed by atoms with Crippen LogP contribution >= 0.6 is 15.6 Å². The average molecular weight is 1510 g/mol. The summed E-state index contributed by atoms with van der Waals surface area (Å²) in [5, 5.41) is 10.7. The Morgan fingerprint density at radius 3 is 0.660 bits per heavy atom. The Morgan fingerprint density at radius 1 is 0.262 bits per heavy atom. The van der Waals surface area contributed by atoms with E-state index in [1.165, 1.54) is 276 Å². The van der Waals surface area contributed by atoms with Crippen LogP contribution in [0.2, 0.25) is 0 Å². The van der Waals surface area contributed by atoms with E-state index in [0.29, 0.717) is 25.7 Å². The molecule has 0 aliphatic heterocycles. The molecule has 3 N–H and O–H groups in total. The summed E-state index contributed by atoms with van der Waals surface area (Å²) in [6.07, 6.45) is 69.6. The van der Waals surface area contributed by atoms with E-state index >= 15 is 0 Å². The third kappa shape index (κ3) is 78.0. The van der Waals surface area contributed by atoms with Gasteiger partial charge in [-0.25, -0.2) is 9.13 Å². The molecule has 0 spiro atoms. The van der Waals surface area contributed by atoms with Gasteiger partial charge < -0.3 is 33.8 Å². The van der Waals surface area contributed by atoms with Crippen molar-refractivity contribution in [3.63, 3.8) is 0 Å². The lowest BCUT2D eigenvalue weighted by Gasteiger charge is -2.21. The molecule has 0 heterocycles. The number of aliphatic hydroxyl groups excluding tert-OH is 1. The monoisotopic (exact) mass is 1510 g/mol. The van der Waals surface area contributed by atoms with Gasteiger partial charge in [0.1, 0.15) is 19.3 Å². The molecule has 0 rings (SSSR count). The van der Waals surface area contributed by atoms with Gasteiger partial charge in [0.15, 0.2) is 12.2 Å². The smallest absolute Gasteiger partial charge is 0.462 e. The van der Waals surface area contributed by atoms with Crippen LogP contribution in [0.3, 0.4) is 0 Å². The van der Waals surface area contributed by atoms with Crippen molar-refractivity contribution in [2.24, 2.45) is 5.92 Å². The third-order valence-corrected chi connectivity index (χ3v) is 21.7. The van der Waals surface area contributed by atoms with Crippen molar-refractivity contribution >= 4 is 39.5 Å². The molecule has 0 aliphatic rings. The Hall–Kier alpha value is -1.94. The second-order valence-electron chi connectivity index (χ2n) is 30.7. The summed E-state index contributed by atoms with van der Waals surface area (Å²) in [5.74, 6) is -1.38. The molecule has 0 fully saturated rings. The summed E-state index contributed by atoms with van der Waals surface area (Å²) in [4.78, 5) is 73.1. The van der Waals surface area contributed by atoms with E-state index < -0.39 is 97.5 Å². The van der Waals surface area contributed by atoms with Crippen molar-refractivity contribution in [3.8, 4) is 0 Å². The van der Waals surface area contributed by atoms with Crippen LogP contribution in [0.5, 0.6) is 0 Å². The zero-order chi connectivity index (χ0) is 75.5. The van der Waals surface area contributed by atoms with Crippen LogP contribution in [-0.2, 0) is 65.4 Å². The van der Waals surface area contributed by atoms with Gasteiger partial charge in [-0.3, -0.25) is 37.3 Å². The number of phosphoric acid groups is 2. The molecule has 0 radical (unpaired) electrons. The van der Waals surface area contributed by atoms with Gasteiger partial charge in [0.05, 0.1) is 26.4 Å². The average Bonchev–Trinajstić information content (AvgIpc) is 0.917. The lowest BCUT2D eigenvalue weighted by Crippen LogP contribution is -2.30. The summed E-state index contributed by atoms with van der Waals surface area (Å²) in [7, 11) is -9.92. The summed E-state index contributed by atoms with van der Waals surface area (Å²) in [6.45, 7) is 7.31. The first-order valence-electron chi connectivity index (χ1n) is 43.6. The Kier molecular flexibility index (Phi) is 75.4. The van der Waals surface area contributed by atoms with Crippen LogP contribution in [0.15, 0.2) is 0 Å². The van der Waals surface area contributed by atoms with Crippen molar-refractivity contribution in [2.45, 2.75) is 470 Å². The van der Waals surface area contributed by atoms with Crippen LogP contribution in [0.1, 0.15) is 452 Å². The lowest BCUT2D eigenvalue weighted by atomic mass is 10.0. The maximum absolute atomic E-state index is 13.1. The Morgan fingerprint density at radius 2 is 0.447 bits per heavy atom. The zero-order valence-electron chi connectivity index (χ0n) is 67.5. The molecule has 0 aliphatic carbocycles. The number of phosphoric ester groups is 2. The second-order valence-corrected chi connectivity index (χ2v) is 33.6. The van der Waals surface area contributed by atoms with Gasteiger partial charge in [-0.2, -0.15) is 0 Å². The highest BCUT2D eigenvalue weighted by molar-refractivity contribution is 7.47. The van der Waals surface area contributed by atoms with Crippen molar-refractivity contribution < 1.29 is 80.2 Å². The van der Waals surface area contributed by atoms with Crippen LogP contribution in [0.25, 0.3) is 0 Å². The van der Waals surface area contributed by atoms with E-state index in [2.05, 4.69) is 34.6 Å². The molecule has 5 atom stereocenters. The molecular formula is C84H164O17P2. The maximum Gasteiger partial charge on any atom is 0.472 e. The number of rotatable bonds is 84. The van der Waals surface area contributed by atoms with Gasteiger partial charge in [0.2, 0.25) is 0 Å². The minimum atomic E-state index is -4.96. The van der Waals surface area contributed by atoms with E-state index in [1.807, 2.05) is 0 Å². The molecule has 0 aromatic heterocycles. The number of hydrogen-bond acceptors (Lipinski definition) is 15. The zero-order valence-corrected chi connectivity index (χ0v) is 69.3. The van der Waals surface area contributed by atoms with Crippen LogP contribution in [-0.4, -0.2) is 96.7 Å². The van der Waals surface area contributed by atoms with Crippen LogP contribution in [0, 0.1) is 5.92 Å². The molecule has 0 saturated heterocycles. The van der Waals surface area contributed by atoms with Gasteiger partial charge in [-0.15, -0.1) is 0 Å². The predicted molar refractivity (Wildman–Crippen MR) is 423 cm³/mol. The molecule has 0 amide bonds. The molecule has 17 nitrogen and oxygen atoms in total. The number of ether oxygens (including phenoxy) is 4. The fourth-order valence-corrected chi connectivity index (χ4v) is 14.7. The molecule has 103 heavy (non-hydrogen) atoms. The van der Waals surface area contributed by atoms with Gasteiger partial charge >= 0.3 is 39.5 Å². The first kappa shape index (κ1) is 101. The molecule has 19 heteroatoms. The van der Waals surface area contributed by atoms with Gasteiger partial charge in [-0.1, -0.05) is 401 Å². The molecule has 0 bridgehead atoms. The van der Waals surface area contributed by atoms with E-state index in [-0.39, 0.29) is 25.7 Å². The largest absolute Gasteiger partial charge is 0.472 e. The number of hydrogen-bond donors (Lipinski definition) is 3. The van der Waals surface area contributed by atoms with Crippen LogP contribution in [0.4, 0.5) is 0 Å². The highest BCUT2D eigenvalue weighted by Gasteiger charge is 2.30. The summed E-state index contributed by atoms with van der Waals surface area (Å²) in [5.41, 5.74) is 0. The minimum Gasteiger partial charge on any atom is -0.462 e. The molecule has 612 valence electrons. The number of carbonyl (C=O) groups is 4. The van der Waals surface area contributed by atoms with Crippen LogP contribution < -0.4 is 0 Å². The van der Waals surface area contributed by atoms with Gasteiger partial charge in [0.25, 0.3) is 0 Å². The Balaban J connectivity index is 5.21. The maximum atomic E-state index is 13.1. The first-order chi connectivity index (χ1) is 50.0. The summed E-state index contributed by atoms with van der Waals surface area (Å²) >= 11 is 0. The predicted octanol–water partition coefficient (Wildman–Crippen LogP) is 25.6. The third-order valence-electron chi connectivity index (χ3n) is 19.8. The molecule has 0 aromatic carbocycles. The fourth-order valence-electron chi connectivity index (χ4n) is 13.1. The quantitative estimate of drug-likeness (QED) is 0.0222. The molecule has 0 aromatic rings. The summed E-state index contributed by atoms with van der Waals surface area (Å²) in [6, 6.07) is 0. The van der Waals surface area contributed by atoms with Gasteiger partial charge in [0, 0.05) is 25.7 Å². The van der Waals surface area contributed by atoms with Crippen molar-refractivity contribution in [1.29, 1.82) is 0 Å². The van der Waals surface area contributed by atoms with Crippen molar-refractivity contribution in [3.05, 3.63) is 0 Å². The Labute approximate surface area is 632 Å². The number of carbonyl (C=O) groups excluding carboxylic acids is 4. The Bertz CT molecular complexity index is 1960. The topological polar surface area (TPSA) is 237 Å². The second kappa shape index (κ2) is 76.8. The fraction of sp³-hybridized carbons (Fsp3) is 0.952. The van der Waals surface area contributed by atoms with E-state index in [1.54, 1.807) is 0 Å². The van der Waals surface area contributed by atoms with E-state index in [0.717, 1.165) is 95.8 Å². The normalized spacial score (nSPS) is 13.8. The van der Waals surface area contributed by atoms with Gasteiger partial charge in [-0.05, 0) is 31.6 Å². The first-order valence-corrected chi connectivity index (χ1v) is 46.6. The molecule has 2 unspecified atom stereocenters. The number of unbranched alkanes of at least 4 members (excludes halogenated alkanes) is 56. The summed E-state index contributed by atoms with van der Waals surface area (Å²) < 4.78 is 68.8. The van der Waals surface area contributed by atoms with E-state index in [4.69, 9.17) is 37.0 Å². The highest BCUT2D eigenvalue weighted by Crippen LogP contribution is 2.45. The van der Waals surface area contributed by atoms with Crippen molar-refractivity contribution in [2.75, 3.05) is 39.6 Å². The number of esters is 4. The number of aliphatic hydroxyl groups is 1. The standard InChI is InChI=1S/C84H164O17P2/c1-6-9-12-15-18-21-24-27-29-31-33-34-36-38-40-42-45-48-55-60-65-70-84(89)100-79(73-94-81(86)67-62-57-52-46-44-41-39-37-35-32-30-28-25-22-19-16-13-10-7-2)75-98-102(90,91)96-71-78(85)72-97-103(92,93)99-76-80(74-95-82(87)68-63-58-53-50-49-51-56-61-66-77(4)5)101-83(88)69-64-59-54-47-43-26-23-20-17-14-11-8-3/h77-80,85H,6-76H2,1-5H3,(H,90,91)(H,92,93)/t78-,79-,80-/m1/s1. The van der Waals surface area contributed by atoms with E-state index in [9.17, 15) is 43.2 Å². The highest BCUT2D eigenvalue weighted by atomic mass is 31.2. The molecule has 0 saturated carbocycles. The molecular weight excluding hydrogens is 1340 g/mol. The SMILES string of the molecule is CCCCCCCCCCCCCCCCCCCCCCCC(=O)O[C@H](COC(=O)CCCCCCCCCCCCCCCCCCCCC)COP(=O)(O)OC[C@@H](O)COP(=O)(O)OC[C@@H](COC(=O)CCCCCCCCCCC(C)C)OC(=O)CCCCCCCCCCCCCC. The lowest BCUT2D eigenvalue weighted by molar-refractivity contribution is -0.161. The van der Waals surface area contributed by atoms with Crippen molar-refractivity contribution in [1.82, 2.24) is 0 Å².